The third kappa shape index (κ3) is 1.73. The highest BCUT2D eigenvalue weighted by Gasteiger charge is 2.21. The van der Waals surface area contributed by atoms with E-state index in [-0.39, 0.29) is 0 Å². The number of alkyl halides is 2. The van der Waals surface area contributed by atoms with Gasteiger partial charge < -0.3 is 0 Å². The fourth-order valence-corrected chi connectivity index (χ4v) is 0.972. The molecule has 0 radical (unpaired) electrons. The normalized spacial score (nSPS) is 10.2. The molecule has 0 aliphatic rings. The van der Waals surface area contributed by atoms with Crippen molar-refractivity contribution >= 4 is 11.6 Å². The molecular weight excluding hydrogens is 205 g/mol. The van der Waals surface area contributed by atoms with E-state index in [0.717, 1.165) is 6.20 Å². The number of halogens is 4. The number of rotatable bonds is 1. The predicted molar refractivity (Wildman–Crippen MR) is 38.9 cm³/mol. The Hall–Kier alpha value is -1.28. The summed E-state index contributed by atoms with van der Waals surface area (Å²) in [6, 6.07) is 1.34. The van der Waals surface area contributed by atoms with Crippen LogP contribution in [0.1, 0.15) is 17.7 Å². The first-order chi connectivity index (χ1) is 6.07. The van der Waals surface area contributed by atoms with Crippen molar-refractivity contribution < 1.29 is 13.2 Å². The maximum Gasteiger partial charge on any atom is 0.268 e. The quantitative estimate of drug-likeness (QED) is 0.708. The van der Waals surface area contributed by atoms with Crippen LogP contribution < -0.4 is 0 Å². The van der Waals surface area contributed by atoms with E-state index in [1.165, 1.54) is 6.07 Å². The van der Waals surface area contributed by atoms with Crippen molar-refractivity contribution in [2.75, 3.05) is 0 Å². The van der Waals surface area contributed by atoms with Gasteiger partial charge in [-0.15, -0.1) is 0 Å². The number of nitrogens with zero attached hydrogens (tertiary/aromatic N) is 2. The molecule has 0 aliphatic carbocycles. The fraction of sp³-hybridized carbons (Fsp3) is 0.143. The maximum absolute atomic E-state index is 12.9. The lowest BCUT2D eigenvalue weighted by Gasteiger charge is -2.03. The van der Waals surface area contributed by atoms with E-state index >= 15 is 0 Å². The van der Waals surface area contributed by atoms with E-state index in [2.05, 4.69) is 4.98 Å². The van der Waals surface area contributed by atoms with Crippen molar-refractivity contribution in [2.45, 2.75) is 6.43 Å². The molecule has 0 saturated carbocycles. The smallest absolute Gasteiger partial charge is 0.241 e. The van der Waals surface area contributed by atoms with Gasteiger partial charge in [0.1, 0.15) is 6.07 Å². The molecule has 0 aliphatic heterocycles. The molecular formula is C7H2ClF3N2. The number of hydrogen-bond donors (Lipinski definition) is 0. The van der Waals surface area contributed by atoms with E-state index in [0.29, 0.717) is 0 Å². The van der Waals surface area contributed by atoms with Crippen LogP contribution >= 0.6 is 11.6 Å². The second-order valence-electron chi connectivity index (χ2n) is 2.09. The van der Waals surface area contributed by atoms with Crippen molar-refractivity contribution in [1.29, 1.82) is 5.26 Å². The Labute approximate surface area is 76.6 Å². The fourth-order valence-electron chi connectivity index (χ4n) is 0.758. The van der Waals surface area contributed by atoms with Gasteiger partial charge in [-0.05, 0) is 0 Å². The topological polar surface area (TPSA) is 36.7 Å². The molecule has 0 spiro atoms. The molecule has 1 rings (SSSR count). The van der Waals surface area contributed by atoms with E-state index in [1.807, 2.05) is 0 Å². The van der Waals surface area contributed by atoms with Crippen molar-refractivity contribution in [3.8, 4) is 6.07 Å². The second-order valence-corrected chi connectivity index (χ2v) is 2.50. The summed E-state index contributed by atoms with van der Waals surface area (Å²) in [5.74, 6) is -1.36. The molecule has 68 valence electrons. The first-order valence-corrected chi connectivity index (χ1v) is 3.48. The number of nitriles is 1. The van der Waals surface area contributed by atoms with Crippen LogP contribution in [0.4, 0.5) is 13.2 Å². The molecule has 1 aromatic heterocycles. The number of aromatic nitrogens is 1. The van der Waals surface area contributed by atoms with Crippen LogP contribution in [0.5, 0.6) is 0 Å². The molecule has 1 aromatic rings. The van der Waals surface area contributed by atoms with Gasteiger partial charge in [0, 0.05) is 6.20 Å². The van der Waals surface area contributed by atoms with Gasteiger partial charge in [-0.2, -0.15) is 5.26 Å². The highest BCUT2D eigenvalue weighted by molar-refractivity contribution is 6.31. The van der Waals surface area contributed by atoms with Crippen LogP contribution in [0.25, 0.3) is 0 Å². The lowest BCUT2D eigenvalue weighted by molar-refractivity contribution is 0.146. The Morgan fingerprint density at radius 3 is 2.62 bits per heavy atom. The molecule has 6 heteroatoms. The minimum atomic E-state index is -3.05. The Morgan fingerprint density at radius 2 is 2.15 bits per heavy atom. The van der Waals surface area contributed by atoms with Gasteiger partial charge in [-0.3, -0.25) is 0 Å². The molecule has 0 aromatic carbocycles. The molecule has 0 saturated heterocycles. The molecule has 1 heterocycles. The third-order valence-corrected chi connectivity index (χ3v) is 1.63. The zero-order valence-electron chi connectivity index (χ0n) is 6.06. The van der Waals surface area contributed by atoms with Crippen molar-refractivity contribution in [3.05, 3.63) is 28.3 Å². The summed E-state index contributed by atoms with van der Waals surface area (Å²) in [4.78, 5) is 3.24. The van der Waals surface area contributed by atoms with Gasteiger partial charge in [0.2, 0.25) is 0 Å². The maximum atomic E-state index is 12.9. The largest absolute Gasteiger partial charge is 0.268 e. The lowest BCUT2D eigenvalue weighted by atomic mass is 10.2. The molecule has 0 bridgehead atoms. The minimum absolute atomic E-state index is 0.480. The summed E-state index contributed by atoms with van der Waals surface area (Å²) < 4.78 is 37.2. The average Bonchev–Trinajstić information content (AvgIpc) is 2.04. The number of pyridine rings is 1. The van der Waals surface area contributed by atoms with Gasteiger partial charge in [-0.25, -0.2) is 18.2 Å². The summed E-state index contributed by atoms with van der Waals surface area (Å²) >= 11 is 5.26. The van der Waals surface area contributed by atoms with E-state index < -0.39 is 28.5 Å². The standard InChI is InChI=1S/C7H2ClF3N2/c8-3-2-13-4(1-12)6(9)5(3)7(10)11/h2,7H. The van der Waals surface area contributed by atoms with Crippen LogP contribution in [-0.4, -0.2) is 4.98 Å². The molecule has 0 atom stereocenters. The molecule has 0 unspecified atom stereocenters. The third-order valence-electron chi connectivity index (χ3n) is 1.33. The minimum Gasteiger partial charge on any atom is -0.241 e. The molecule has 0 N–H and O–H groups in total. The highest BCUT2D eigenvalue weighted by Crippen LogP contribution is 2.29. The second kappa shape index (κ2) is 3.62. The van der Waals surface area contributed by atoms with Crippen molar-refractivity contribution in [1.82, 2.24) is 4.98 Å². The van der Waals surface area contributed by atoms with E-state index in [1.54, 1.807) is 0 Å². The molecule has 0 fully saturated rings. The average molecular weight is 207 g/mol. The molecule has 2 nitrogen and oxygen atoms in total. The SMILES string of the molecule is N#Cc1ncc(Cl)c(C(F)F)c1F. The van der Waals surface area contributed by atoms with Gasteiger partial charge in [0.15, 0.2) is 11.5 Å². The van der Waals surface area contributed by atoms with Crippen molar-refractivity contribution in [3.63, 3.8) is 0 Å². The van der Waals surface area contributed by atoms with Gasteiger partial charge >= 0.3 is 0 Å². The van der Waals surface area contributed by atoms with Crippen LogP contribution in [0.3, 0.4) is 0 Å². The van der Waals surface area contributed by atoms with Gasteiger partial charge in [0.05, 0.1) is 10.6 Å². The summed E-state index contributed by atoms with van der Waals surface area (Å²) in [6.45, 7) is 0. The summed E-state index contributed by atoms with van der Waals surface area (Å²) in [5, 5.41) is 7.79. The Morgan fingerprint density at radius 1 is 1.54 bits per heavy atom. The molecule has 13 heavy (non-hydrogen) atoms. The number of hydrogen-bond acceptors (Lipinski definition) is 2. The summed E-state index contributed by atoms with van der Waals surface area (Å²) in [6.07, 6.45) is -2.23. The summed E-state index contributed by atoms with van der Waals surface area (Å²) in [7, 11) is 0. The Balaban J connectivity index is 3.41. The van der Waals surface area contributed by atoms with E-state index in [4.69, 9.17) is 16.9 Å². The van der Waals surface area contributed by atoms with Crippen LogP contribution in [0, 0.1) is 17.1 Å². The van der Waals surface area contributed by atoms with E-state index in [9.17, 15) is 13.2 Å². The zero-order chi connectivity index (χ0) is 10.0. The van der Waals surface area contributed by atoms with Crippen LogP contribution in [-0.2, 0) is 0 Å². The first kappa shape index (κ1) is 9.81. The van der Waals surface area contributed by atoms with Gasteiger partial charge in [-0.1, -0.05) is 11.6 Å². The first-order valence-electron chi connectivity index (χ1n) is 3.10. The molecule has 0 amide bonds. The Kier molecular flexibility index (Phi) is 2.73. The Bertz CT molecular complexity index is 373. The van der Waals surface area contributed by atoms with Crippen LogP contribution in [0.15, 0.2) is 6.20 Å². The summed E-state index contributed by atoms with van der Waals surface area (Å²) in [5.41, 5.74) is -1.66. The van der Waals surface area contributed by atoms with Crippen molar-refractivity contribution in [2.24, 2.45) is 0 Å². The zero-order valence-corrected chi connectivity index (χ0v) is 6.82. The monoisotopic (exact) mass is 206 g/mol. The van der Waals surface area contributed by atoms with Gasteiger partial charge in [0.25, 0.3) is 6.43 Å². The highest BCUT2D eigenvalue weighted by atomic mass is 35.5. The predicted octanol–water partition coefficient (Wildman–Crippen LogP) is 2.68. The lowest BCUT2D eigenvalue weighted by Crippen LogP contribution is -1.98. The van der Waals surface area contributed by atoms with Crippen LogP contribution in [0.2, 0.25) is 5.02 Å².